The maximum absolute atomic E-state index is 5.83. The van der Waals surface area contributed by atoms with Gasteiger partial charge in [-0.05, 0) is 47.0 Å². The summed E-state index contributed by atoms with van der Waals surface area (Å²) in [6, 6.07) is 0. The van der Waals surface area contributed by atoms with E-state index in [1.54, 1.807) is 0 Å². The minimum atomic E-state index is -0.544. The molecule has 0 aliphatic carbocycles. The first-order valence-electron chi connectivity index (χ1n) is 6.84. The summed E-state index contributed by atoms with van der Waals surface area (Å²) in [6.07, 6.45) is 11.4. The smallest absolute Gasteiger partial charge is 0.156 e. The standard InChI is InChI=1S/C16H28O2/c1-7-9-13-17-15(5)18-16(6,8-2)12-10-11-14(3)4/h2,11,15H,7,9-10,12-13H2,1,3-6H3. The zero-order chi connectivity index (χ0) is 14.0. The van der Waals surface area contributed by atoms with Crippen LogP contribution in [0.2, 0.25) is 0 Å². The Hall–Kier alpha value is -0.780. The highest BCUT2D eigenvalue weighted by atomic mass is 16.7. The van der Waals surface area contributed by atoms with E-state index in [4.69, 9.17) is 15.9 Å². The fraction of sp³-hybridized carbons (Fsp3) is 0.750. The number of terminal acetylenes is 1. The summed E-state index contributed by atoms with van der Waals surface area (Å²) >= 11 is 0. The topological polar surface area (TPSA) is 18.5 Å². The van der Waals surface area contributed by atoms with Gasteiger partial charge in [-0.3, -0.25) is 0 Å². The van der Waals surface area contributed by atoms with Crippen LogP contribution in [-0.4, -0.2) is 18.5 Å². The zero-order valence-corrected chi connectivity index (χ0v) is 12.6. The number of unbranched alkanes of at least 4 members (excludes halogenated alkanes) is 1. The van der Waals surface area contributed by atoms with E-state index in [9.17, 15) is 0 Å². The molecule has 2 atom stereocenters. The highest BCUT2D eigenvalue weighted by Gasteiger charge is 2.24. The Morgan fingerprint density at radius 3 is 2.61 bits per heavy atom. The second-order valence-electron chi connectivity index (χ2n) is 5.11. The van der Waals surface area contributed by atoms with Gasteiger partial charge >= 0.3 is 0 Å². The largest absolute Gasteiger partial charge is 0.353 e. The molecule has 0 amide bonds. The van der Waals surface area contributed by atoms with E-state index >= 15 is 0 Å². The van der Waals surface area contributed by atoms with Crippen molar-refractivity contribution in [3.8, 4) is 12.3 Å². The van der Waals surface area contributed by atoms with Gasteiger partial charge in [0.05, 0.1) is 0 Å². The highest BCUT2D eigenvalue weighted by Crippen LogP contribution is 2.20. The van der Waals surface area contributed by atoms with Crippen molar-refractivity contribution in [1.29, 1.82) is 0 Å². The molecular formula is C16H28O2. The minimum absolute atomic E-state index is 0.246. The van der Waals surface area contributed by atoms with Crippen LogP contribution < -0.4 is 0 Å². The molecule has 0 heterocycles. The maximum atomic E-state index is 5.83. The number of hydrogen-bond acceptors (Lipinski definition) is 2. The molecule has 0 bridgehead atoms. The third-order valence-corrected chi connectivity index (χ3v) is 2.76. The van der Waals surface area contributed by atoms with Crippen LogP contribution in [0.25, 0.3) is 0 Å². The van der Waals surface area contributed by atoms with Crippen LogP contribution in [0.1, 0.15) is 60.3 Å². The van der Waals surface area contributed by atoms with Crippen LogP contribution in [-0.2, 0) is 9.47 Å². The van der Waals surface area contributed by atoms with Gasteiger partial charge in [-0.25, -0.2) is 0 Å². The molecule has 0 aliphatic rings. The molecule has 2 heteroatoms. The van der Waals surface area contributed by atoms with Crippen molar-refractivity contribution in [3.05, 3.63) is 11.6 Å². The Labute approximate surface area is 113 Å². The van der Waals surface area contributed by atoms with E-state index in [1.165, 1.54) is 5.57 Å². The Bertz CT molecular complexity index is 284. The molecule has 0 saturated carbocycles. The molecule has 0 fully saturated rings. The fourth-order valence-corrected chi connectivity index (χ4v) is 1.60. The normalized spacial score (nSPS) is 15.6. The lowest BCUT2D eigenvalue weighted by atomic mass is 10.00. The summed E-state index contributed by atoms with van der Waals surface area (Å²) in [5, 5.41) is 0. The predicted octanol–water partition coefficient (Wildman–Crippen LogP) is 4.30. The molecule has 0 aromatic heterocycles. The summed E-state index contributed by atoms with van der Waals surface area (Å²) in [7, 11) is 0. The van der Waals surface area contributed by atoms with Gasteiger partial charge in [0, 0.05) is 6.61 Å². The molecule has 2 unspecified atom stereocenters. The first kappa shape index (κ1) is 17.2. The van der Waals surface area contributed by atoms with Gasteiger partial charge in [0.1, 0.15) is 5.60 Å². The van der Waals surface area contributed by atoms with Crippen molar-refractivity contribution in [2.75, 3.05) is 6.61 Å². The second-order valence-corrected chi connectivity index (χ2v) is 5.11. The predicted molar refractivity (Wildman–Crippen MR) is 77.3 cm³/mol. The molecule has 104 valence electrons. The number of allylic oxidation sites excluding steroid dienone is 2. The Morgan fingerprint density at radius 2 is 2.11 bits per heavy atom. The Morgan fingerprint density at radius 1 is 1.44 bits per heavy atom. The number of hydrogen-bond donors (Lipinski definition) is 0. The fourth-order valence-electron chi connectivity index (χ4n) is 1.60. The lowest BCUT2D eigenvalue weighted by molar-refractivity contribution is -0.179. The second kappa shape index (κ2) is 9.19. The van der Waals surface area contributed by atoms with E-state index in [2.05, 4.69) is 32.8 Å². The molecule has 0 N–H and O–H groups in total. The third-order valence-electron chi connectivity index (χ3n) is 2.76. The lowest BCUT2D eigenvalue weighted by Crippen LogP contribution is -2.32. The van der Waals surface area contributed by atoms with Crippen LogP contribution in [0, 0.1) is 12.3 Å². The van der Waals surface area contributed by atoms with Crippen molar-refractivity contribution in [3.63, 3.8) is 0 Å². The molecule has 0 saturated heterocycles. The van der Waals surface area contributed by atoms with Gasteiger partial charge in [-0.2, -0.15) is 0 Å². The summed E-state index contributed by atoms with van der Waals surface area (Å²) < 4.78 is 11.4. The monoisotopic (exact) mass is 252 g/mol. The highest BCUT2D eigenvalue weighted by molar-refractivity contribution is 5.07. The molecule has 2 nitrogen and oxygen atoms in total. The van der Waals surface area contributed by atoms with Crippen LogP contribution in [0.4, 0.5) is 0 Å². The molecule has 0 aromatic rings. The SMILES string of the molecule is C#CC(C)(CCC=C(C)C)OC(C)OCCCC. The first-order valence-corrected chi connectivity index (χ1v) is 6.84. The quantitative estimate of drug-likeness (QED) is 0.263. The van der Waals surface area contributed by atoms with E-state index in [0.717, 1.165) is 32.3 Å². The van der Waals surface area contributed by atoms with Crippen molar-refractivity contribution >= 4 is 0 Å². The van der Waals surface area contributed by atoms with Gasteiger partial charge in [-0.15, -0.1) is 6.42 Å². The molecule has 0 spiro atoms. The molecule has 0 aromatic carbocycles. The third kappa shape index (κ3) is 8.33. The van der Waals surface area contributed by atoms with Crippen molar-refractivity contribution in [2.24, 2.45) is 0 Å². The van der Waals surface area contributed by atoms with Crippen LogP contribution in [0.3, 0.4) is 0 Å². The Balaban J connectivity index is 4.13. The van der Waals surface area contributed by atoms with E-state index < -0.39 is 5.60 Å². The van der Waals surface area contributed by atoms with E-state index in [1.807, 2.05) is 13.8 Å². The number of rotatable bonds is 9. The first-order chi connectivity index (χ1) is 8.43. The molecule has 18 heavy (non-hydrogen) atoms. The molecular weight excluding hydrogens is 224 g/mol. The molecule has 0 rings (SSSR count). The Kier molecular flexibility index (Phi) is 8.79. The van der Waals surface area contributed by atoms with Crippen molar-refractivity contribution in [2.45, 2.75) is 72.2 Å². The van der Waals surface area contributed by atoms with Gasteiger partial charge in [0.2, 0.25) is 0 Å². The van der Waals surface area contributed by atoms with Crippen LogP contribution in [0.5, 0.6) is 0 Å². The van der Waals surface area contributed by atoms with Crippen LogP contribution >= 0.6 is 0 Å². The summed E-state index contributed by atoms with van der Waals surface area (Å²) in [5.74, 6) is 2.74. The zero-order valence-electron chi connectivity index (χ0n) is 12.6. The van der Waals surface area contributed by atoms with Gasteiger partial charge < -0.3 is 9.47 Å². The summed E-state index contributed by atoms with van der Waals surface area (Å²) in [5.41, 5.74) is 0.763. The van der Waals surface area contributed by atoms with Crippen LogP contribution in [0.15, 0.2) is 11.6 Å². The minimum Gasteiger partial charge on any atom is -0.353 e. The molecule has 0 radical (unpaired) electrons. The summed E-state index contributed by atoms with van der Waals surface area (Å²) in [4.78, 5) is 0. The maximum Gasteiger partial charge on any atom is 0.156 e. The van der Waals surface area contributed by atoms with Crippen molar-refractivity contribution < 1.29 is 9.47 Å². The van der Waals surface area contributed by atoms with Gasteiger partial charge in [0.25, 0.3) is 0 Å². The average molecular weight is 252 g/mol. The van der Waals surface area contributed by atoms with Gasteiger partial charge in [-0.1, -0.05) is 30.9 Å². The average Bonchev–Trinajstić information content (AvgIpc) is 2.28. The van der Waals surface area contributed by atoms with Gasteiger partial charge in [0.15, 0.2) is 6.29 Å². The lowest BCUT2D eigenvalue weighted by Gasteiger charge is -2.27. The van der Waals surface area contributed by atoms with E-state index in [0.29, 0.717) is 0 Å². The van der Waals surface area contributed by atoms with E-state index in [-0.39, 0.29) is 6.29 Å². The summed E-state index contributed by atoms with van der Waals surface area (Å²) in [6.45, 7) is 10.9. The molecule has 0 aliphatic heterocycles. The number of ether oxygens (including phenoxy) is 2. The van der Waals surface area contributed by atoms with Crippen molar-refractivity contribution in [1.82, 2.24) is 0 Å².